The van der Waals surface area contributed by atoms with Gasteiger partial charge in [0.05, 0.1) is 17.3 Å². The zero-order chi connectivity index (χ0) is 13.3. The van der Waals surface area contributed by atoms with Gasteiger partial charge in [-0.05, 0) is 26.1 Å². The second-order valence-corrected chi connectivity index (χ2v) is 5.05. The molecule has 0 saturated carbocycles. The fraction of sp³-hybridized carbons (Fsp3) is 0.462. The number of hydrogen-bond donors (Lipinski definition) is 1. The quantitative estimate of drug-likeness (QED) is 0.881. The smallest absolute Gasteiger partial charge is 0.247 e. The molecule has 1 saturated heterocycles. The molecule has 2 atom stereocenters. The molecule has 0 aliphatic carbocycles. The van der Waals surface area contributed by atoms with E-state index in [0.29, 0.717) is 17.3 Å². The van der Waals surface area contributed by atoms with Gasteiger partial charge in [0.25, 0.3) is 0 Å². The van der Waals surface area contributed by atoms with Crippen LogP contribution in [0.1, 0.15) is 6.92 Å². The number of benzene rings is 1. The number of rotatable bonds is 2. The van der Waals surface area contributed by atoms with Gasteiger partial charge in [0.15, 0.2) is 0 Å². The van der Waals surface area contributed by atoms with E-state index in [0.717, 1.165) is 0 Å². The van der Waals surface area contributed by atoms with Crippen LogP contribution in [-0.2, 0) is 4.79 Å². The number of para-hydroxylation sites is 1. The maximum atomic E-state index is 12.4. The van der Waals surface area contributed by atoms with Crippen molar-refractivity contribution in [2.45, 2.75) is 19.0 Å². The molecule has 18 heavy (non-hydrogen) atoms. The van der Waals surface area contributed by atoms with Crippen molar-refractivity contribution in [3.63, 3.8) is 0 Å². The maximum absolute atomic E-state index is 12.4. The summed E-state index contributed by atoms with van der Waals surface area (Å²) in [5.74, 6) is -0.105. The monoisotopic (exact) mass is 268 g/mol. The van der Waals surface area contributed by atoms with Gasteiger partial charge < -0.3 is 10.0 Å². The fourth-order valence-electron chi connectivity index (χ4n) is 2.41. The van der Waals surface area contributed by atoms with Crippen LogP contribution in [0.4, 0.5) is 5.69 Å². The molecule has 1 aliphatic rings. The molecule has 1 N–H and O–H groups in total. The Hall–Kier alpha value is -1.10. The van der Waals surface area contributed by atoms with Crippen LogP contribution in [-0.4, -0.2) is 48.2 Å². The minimum atomic E-state index is -0.488. The number of piperazine rings is 1. The van der Waals surface area contributed by atoms with Crippen molar-refractivity contribution in [3.05, 3.63) is 29.3 Å². The standard InChI is InChI=1S/C13H17ClN2O2/c1-9-7-15(2)12(8-17)13(18)16(9)11-6-4-3-5-10(11)14/h3-6,9,12,17H,7-8H2,1-2H3. The molecule has 5 heteroatoms. The molecule has 1 heterocycles. The summed E-state index contributed by atoms with van der Waals surface area (Å²) >= 11 is 6.15. The average molecular weight is 269 g/mol. The molecule has 0 spiro atoms. The highest BCUT2D eigenvalue weighted by Gasteiger charge is 2.37. The summed E-state index contributed by atoms with van der Waals surface area (Å²) in [7, 11) is 1.85. The lowest BCUT2D eigenvalue weighted by Crippen LogP contribution is -2.61. The van der Waals surface area contributed by atoms with E-state index in [-0.39, 0.29) is 18.6 Å². The van der Waals surface area contributed by atoms with Crippen LogP contribution in [0.2, 0.25) is 5.02 Å². The van der Waals surface area contributed by atoms with E-state index in [1.54, 1.807) is 11.0 Å². The van der Waals surface area contributed by atoms with E-state index in [2.05, 4.69) is 0 Å². The number of anilines is 1. The molecule has 4 nitrogen and oxygen atoms in total. The molecule has 1 aromatic carbocycles. The van der Waals surface area contributed by atoms with Gasteiger partial charge in [-0.2, -0.15) is 0 Å². The van der Waals surface area contributed by atoms with E-state index >= 15 is 0 Å². The van der Waals surface area contributed by atoms with Crippen LogP contribution in [0.3, 0.4) is 0 Å². The van der Waals surface area contributed by atoms with Crippen molar-refractivity contribution >= 4 is 23.2 Å². The zero-order valence-corrected chi connectivity index (χ0v) is 11.3. The SMILES string of the molecule is CC1CN(C)C(CO)C(=O)N1c1ccccc1Cl. The first-order chi connectivity index (χ1) is 8.56. The van der Waals surface area contributed by atoms with Gasteiger partial charge in [-0.25, -0.2) is 0 Å². The lowest BCUT2D eigenvalue weighted by Gasteiger charge is -2.42. The predicted molar refractivity (Wildman–Crippen MR) is 71.9 cm³/mol. The second kappa shape index (κ2) is 5.26. The number of hydrogen-bond acceptors (Lipinski definition) is 3. The molecule has 98 valence electrons. The number of carbonyl (C=O) groups is 1. The molecule has 1 amide bonds. The van der Waals surface area contributed by atoms with Crippen molar-refractivity contribution in [1.29, 1.82) is 0 Å². The predicted octanol–water partition coefficient (Wildman–Crippen LogP) is 1.37. The van der Waals surface area contributed by atoms with E-state index in [1.165, 1.54) is 0 Å². The van der Waals surface area contributed by atoms with E-state index in [9.17, 15) is 9.90 Å². The molecule has 1 aromatic rings. The Morgan fingerprint density at radius 3 is 2.72 bits per heavy atom. The summed E-state index contributed by atoms with van der Waals surface area (Å²) in [6.45, 7) is 2.51. The molecular formula is C13H17ClN2O2. The summed E-state index contributed by atoms with van der Waals surface area (Å²) in [5.41, 5.74) is 0.711. The van der Waals surface area contributed by atoms with Gasteiger partial charge in [0.1, 0.15) is 6.04 Å². The van der Waals surface area contributed by atoms with E-state index in [1.807, 2.05) is 37.1 Å². The van der Waals surface area contributed by atoms with Crippen molar-refractivity contribution in [1.82, 2.24) is 4.90 Å². The summed E-state index contributed by atoms with van der Waals surface area (Å²) in [4.78, 5) is 16.0. The molecule has 0 bridgehead atoms. The molecule has 2 rings (SSSR count). The minimum absolute atomic E-state index is 0.0326. The highest BCUT2D eigenvalue weighted by atomic mass is 35.5. The van der Waals surface area contributed by atoms with Gasteiger partial charge in [-0.1, -0.05) is 23.7 Å². The second-order valence-electron chi connectivity index (χ2n) is 4.65. The summed E-state index contributed by atoms with van der Waals surface area (Å²) in [6.07, 6.45) is 0. The first-order valence-electron chi connectivity index (χ1n) is 5.95. The van der Waals surface area contributed by atoms with Crippen LogP contribution in [0, 0.1) is 0 Å². The molecule has 2 unspecified atom stereocenters. The van der Waals surface area contributed by atoms with E-state index in [4.69, 9.17) is 11.6 Å². The molecule has 0 aromatic heterocycles. The Bertz CT molecular complexity index is 452. The highest BCUT2D eigenvalue weighted by Crippen LogP contribution is 2.30. The summed E-state index contributed by atoms with van der Waals surface area (Å²) < 4.78 is 0. The van der Waals surface area contributed by atoms with Crippen LogP contribution in [0.5, 0.6) is 0 Å². The Morgan fingerprint density at radius 1 is 1.44 bits per heavy atom. The first-order valence-corrected chi connectivity index (χ1v) is 6.32. The highest BCUT2D eigenvalue weighted by molar-refractivity contribution is 6.33. The van der Waals surface area contributed by atoms with Crippen molar-refractivity contribution in [2.24, 2.45) is 0 Å². The third-order valence-corrected chi connectivity index (χ3v) is 3.65. The summed E-state index contributed by atoms with van der Waals surface area (Å²) in [5, 5.41) is 9.88. The van der Waals surface area contributed by atoms with Crippen molar-refractivity contribution < 1.29 is 9.90 Å². The third kappa shape index (κ3) is 2.23. The number of carbonyl (C=O) groups excluding carboxylic acids is 1. The fourth-order valence-corrected chi connectivity index (χ4v) is 2.64. The minimum Gasteiger partial charge on any atom is -0.394 e. The molecule has 0 radical (unpaired) electrons. The Balaban J connectivity index is 2.37. The number of nitrogens with zero attached hydrogens (tertiary/aromatic N) is 2. The molecule has 1 fully saturated rings. The number of aliphatic hydroxyl groups is 1. The largest absolute Gasteiger partial charge is 0.394 e. The number of likely N-dealkylation sites (N-methyl/N-ethyl adjacent to an activating group) is 1. The third-order valence-electron chi connectivity index (χ3n) is 3.33. The van der Waals surface area contributed by atoms with Crippen molar-refractivity contribution in [2.75, 3.05) is 25.1 Å². The first kappa shape index (κ1) is 13.3. The maximum Gasteiger partial charge on any atom is 0.247 e. The van der Waals surface area contributed by atoms with Gasteiger partial charge in [0, 0.05) is 12.6 Å². The number of amides is 1. The lowest BCUT2D eigenvalue weighted by molar-refractivity contribution is -0.127. The Labute approximate surface area is 112 Å². The van der Waals surface area contributed by atoms with Gasteiger partial charge in [-0.15, -0.1) is 0 Å². The van der Waals surface area contributed by atoms with E-state index < -0.39 is 6.04 Å². The average Bonchev–Trinajstić information content (AvgIpc) is 2.31. The van der Waals surface area contributed by atoms with Gasteiger partial charge in [0.2, 0.25) is 5.91 Å². The topological polar surface area (TPSA) is 43.8 Å². The number of halogens is 1. The molecule has 1 aliphatic heterocycles. The normalized spacial score (nSPS) is 25.6. The Kier molecular flexibility index (Phi) is 3.90. The lowest BCUT2D eigenvalue weighted by atomic mass is 10.1. The van der Waals surface area contributed by atoms with Crippen LogP contribution < -0.4 is 4.90 Å². The van der Waals surface area contributed by atoms with Gasteiger partial charge in [-0.3, -0.25) is 9.69 Å². The van der Waals surface area contributed by atoms with Crippen LogP contribution in [0.15, 0.2) is 24.3 Å². The Morgan fingerprint density at radius 2 is 2.11 bits per heavy atom. The summed E-state index contributed by atoms with van der Waals surface area (Å²) in [6, 6.07) is 6.83. The van der Waals surface area contributed by atoms with Crippen LogP contribution >= 0.6 is 11.6 Å². The molecular weight excluding hydrogens is 252 g/mol. The zero-order valence-electron chi connectivity index (χ0n) is 10.5. The van der Waals surface area contributed by atoms with Crippen LogP contribution in [0.25, 0.3) is 0 Å². The van der Waals surface area contributed by atoms with Gasteiger partial charge >= 0.3 is 0 Å². The number of aliphatic hydroxyl groups excluding tert-OH is 1. The van der Waals surface area contributed by atoms with Crippen molar-refractivity contribution in [3.8, 4) is 0 Å².